The van der Waals surface area contributed by atoms with Crippen molar-refractivity contribution in [1.29, 1.82) is 0 Å². The first-order valence-electron chi connectivity index (χ1n) is 7.83. The molecule has 1 heterocycles. The van der Waals surface area contributed by atoms with Gasteiger partial charge in [-0.15, -0.1) is 0 Å². The van der Waals surface area contributed by atoms with Crippen LogP contribution in [0.3, 0.4) is 0 Å². The summed E-state index contributed by atoms with van der Waals surface area (Å²) < 4.78 is 20.4. The molecule has 0 saturated carbocycles. The maximum atomic E-state index is 12.2. The fraction of sp³-hybridized carbons (Fsp3) is 0.167. The molecule has 0 aliphatic carbocycles. The molecule has 0 spiro atoms. The fourth-order valence-electron chi connectivity index (χ4n) is 2.13. The first-order valence-corrected chi connectivity index (χ1v) is 7.83. The van der Waals surface area contributed by atoms with Crippen molar-refractivity contribution >= 4 is 18.3 Å². The van der Waals surface area contributed by atoms with Crippen molar-refractivity contribution in [1.82, 2.24) is 5.43 Å². The van der Waals surface area contributed by atoms with Gasteiger partial charge in [-0.2, -0.15) is 5.10 Å². The second kappa shape index (κ2) is 8.02. The molecule has 0 bridgehead atoms. The van der Waals surface area contributed by atoms with Crippen LogP contribution in [0.1, 0.15) is 22.8 Å². The van der Waals surface area contributed by atoms with Crippen molar-refractivity contribution in [3.8, 4) is 17.2 Å². The first kappa shape index (κ1) is 17.3. The Balaban J connectivity index is 1.58. The maximum absolute atomic E-state index is 12.2. The van der Waals surface area contributed by atoms with E-state index in [-0.39, 0.29) is 13.4 Å². The van der Waals surface area contributed by atoms with Crippen molar-refractivity contribution in [2.24, 2.45) is 5.10 Å². The molecule has 1 amide bonds. The Hall–Kier alpha value is -3.55. The molecule has 1 aliphatic heterocycles. The van der Waals surface area contributed by atoms with Crippen molar-refractivity contribution in [2.75, 3.05) is 13.4 Å². The van der Waals surface area contributed by atoms with E-state index in [4.69, 9.17) is 14.2 Å². The van der Waals surface area contributed by atoms with E-state index in [0.29, 0.717) is 28.4 Å². The number of fused-ring (bicyclic) bond motifs is 1. The third-order valence-corrected chi connectivity index (χ3v) is 3.34. The van der Waals surface area contributed by atoms with Crippen LogP contribution in [-0.2, 0) is 4.74 Å². The van der Waals surface area contributed by atoms with Gasteiger partial charge in [0.15, 0.2) is 11.5 Å². The Kier molecular flexibility index (Phi) is 5.33. The molecule has 0 unspecified atom stereocenters. The van der Waals surface area contributed by atoms with Crippen LogP contribution in [-0.4, -0.2) is 31.7 Å². The lowest BCUT2D eigenvalue weighted by Gasteiger charge is -2.05. The molecular formula is C18H16N2O6. The number of carbonyl (C=O) groups is 2. The Morgan fingerprint density at radius 3 is 2.69 bits per heavy atom. The second-order valence-corrected chi connectivity index (χ2v) is 5.12. The van der Waals surface area contributed by atoms with Crippen LogP contribution >= 0.6 is 0 Å². The highest BCUT2D eigenvalue weighted by Gasteiger charge is 2.17. The lowest BCUT2D eigenvalue weighted by atomic mass is 10.2. The SMILES string of the molecule is CCOC(=O)NN=Cc1ccc(OC(=O)c2ccc3c(c2)OCO3)cc1. The zero-order chi connectivity index (χ0) is 18.4. The van der Waals surface area contributed by atoms with Gasteiger partial charge in [0.2, 0.25) is 6.79 Å². The number of esters is 1. The molecule has 0 atom stereocenters. The molecule has 2 aromatic carbocycles. The summed E-state index contributed by atoms with van der Waals surface area (Å²) in [6, 6.07) is 11.5. The smallest absolute Gasteiger partial charge is 0.427 e. The molecule has 134 valence electrons. The Bertz CT molecular complexity index is 832. The van der Waals surface area contributed by atoms with E-state index >= 15 is 0 Å². The number of hydrogen-bond donors (Lipinski definition) is 1. The third kappa shape index (κ3) is 4.29. The molecule has 26 heavy (non-hydrogen) atoms. The van der Waals surface area contributed by atoms with Crippen LogP contribution in [0.2, 0.25) is 0 Å². The normalized spacial score (nSPS) is 12.0. The van der Waals surface area contributed by atoms with Gasteiger partial charge in [-0.05, 0) is 55.0 Å². The van der Waals surface area contributed by atoms with Crippen LogP contribution < -0.4 is 19.6 Å². The summed E-state index contributed by atoms with van der Waals surface area (Å²) in [5, 5.41) is 3.75. The average Bonchev–Trinajstić information content (AvgIpc) is 3.11. The summed E-state index contributed by atoms with van der Waals surface area (Å²) in [6.45, 7) is 2.11. The van der Waals surface area contributed by atoms with Gasteiger partial charge in [0.1, 0.15) is 5.75 Å². The third-order valence-electron chi connectivity index (χ3n) is 3.34. The van der Waals surface area contributed by atoms with Crippen LogP contribution in [0, 0.1) is 0 Å². The van der Waals surface area contributed by atoms with E-state index < -0.39 is 12.1 Å². The van der Waals surface area contributed by atoms with E-state index in [1.54, 1.807) is 49.4 Å². The summed E-state index contributed by atoms with van der Waals surface area (Å²) in [4.78, 5) is 23.3. The van der Waals surface area contributed by atoms with Crippen molar-refractivity contribution in [2.45, 2.75) is 6.92 Å². The Morgan fingerprint density at radius 1 is 1.15 bits per heavy atom. The lowest BCUT2D eigenvalue weighted by molar-refractivity contribution is 0.0734. The van der Waals surface area contributed by atoms with Crippen LogP contribution in [0.5, 0.6) is 17.2 Å². The highest BCUT2D eigenvalue weighted by molar-refractivity contribution is 5.92. The van der Waals surface area contributed by atoms with Crippen molar-refractivity contribution in [3.63, 3.8) is 0 Å². The lowest BCUT2D eigenvalue weighted by Crippen LogP contribution is -2.18. The average molecular weight is 356 g/mol. The number of hydrazone groups is 1. The number of carbonyl (C=O) groups excluding carboxylic acids is 2. The minimum atomic E-state index is -0.627. The fourth-order valence-corrected chi connectivity index (χ4v) is 2.13. The Morgan fingerprint density at radius 2 is 1.92 bits per heavy atom. The van der Waals surface area contributed by atoms with Crippen LogP contribution in [0.15, 0.2) is 47.6 Å². The zero-order valence-electron chi connectivity index (χ0n) is 13.9. The van der Waals surface area contributed by atoms with Gasteiger partial charge < -0.3 is 18.9 Å². The molecule has 1 N–H and O–H groups in total. The predicted octanol–water partition coefficient (Wildman–Crippen LogP) is 2.71. The Labute approximate surface area is 149 Å². The monoisotopic (exact) mass is 356 g/mol. The molecule has 0 aromatic heterocycles. The molecule has 0 radical (unpaired) electrons. The van der Waals surface area contributed by atoms with E-state index in [2.05, 4.69) is 15.3 Å². The molecule has 0 fully saturated rings. The highest BCUT2D eigenvalue weighted by atomic mass is 16.7. The number of nitrogens with zero attached hydrogens (tertiary/aromatic N) is 1. The number of rotatable bonds is 5. The van der Waals surface area contributed by atoms with Crippen LogP contribution in [0.25, 0.3) is 0 Å². The molecular weight excluding hydrogens is 340 g/mol. The topological polar surface area (TPSA) is 95.5 Å². The molecule has 3 rings (SSSR count). The maximum Gasteiger partial charge on any atom is 0.427 e. The quantitative estimate of drug-likeness (QED) is 0.383. The van der Waals surface area contributed by atoms with Gasteiger partial charge in [-0.3, -0.25) is 0 Å². The zero-order valence-corrected chi connectivity index (χ0v) is 13.9. The van der Waals surface area contributed by atoms with Gasteiger partial charge in [0.05, 0.1) is 18.4 Å². The summed E-state index contributed by atoms with van der Waals surface area (Å²) in [5.41, 5.74) is 3.29. The standard InChI is InChI=1S/C18H16N2O6/c1-2-23-18(22)20-19-10-12-3-6-14(7-4-12)26-17(21)13-5-8-15-16(9-13)25-11-24-15/h3-10H,2,11H2,1H3,(H,20,22). The second-order valence-electron chi connectivity index (χ2n) is 5.12. The molecule has 1 aliphatic rings. The van der Waals surface area contributed by atoms with Crippen LogP contribution in [0.4, 0.5) is 4.79 Å². The van der Waals surface area contributed by atoms with Gasteiger partial charge in [-0.1, -0.05) is 0 Å². The number of benzene rings is 2. The molecule has 0 saturated heterocycles. The minimum Gasteiger partial charge on any atom is -0.454 e. The van der Waals surface area contributed by atoms with Gasteiger partial charge in [0.25, 0.3) is 0 Å². The van der Waals surface area contributed by atoms with Crippen molar-refractivity contribution < 1.29 is 28.5 Å². The summed E-state index contributed by atoms with van der Waals surface area (Å²) in [6.07, 6.45) is 0.818. The number of nitrogens with one attached hydrogen (secondary N) is 1. The molecule has 8 heteroatoms. The summed E-state index contributed by atoms with van der Waals surface area (Å²) in [5.74, 6) is 0.985. The summed E-state index contributed by atoms with van der Waals surface area (Å²) in [7, 11) is 0. The number of ether oxygens (including phenoxy) is 4. The van der Waals surface area contributed by atoms with Gasteiger partial charge in [-0.25, -0.2) is 15.0 Å². The minimum absolute atomic E-state index is 0.141. The van der Waals surface area contributed by atoms with Gasteiger partial charge >= 0.3 is 12.1 Å². The van der Waals surface area contributed by atoms with E-state index in [9.17, 15) is 9.59 Å². The van der Waals surface area contributed by atoms with E-state index in [1.807, 2.05) is 0 Å². The van der Waals surface area contributed by atoms with Crippen molar-refractivity contribution in [3.05, 3.63) is 53.6 Å². The first-order chi connectivity index (χ1) is 12.7. The van der Waals surface area contributed by atoms with E-state index in [1.165, 1.54) is 6.21 Å². The summed E-state index contributed by atoms with van der Waals surface area (Å²) >= 11 is 0. The highest BCUT2D eigenvalue weighted by Crippen LogP contribution is 2.32. The predicted molar refractivity (Wildman–Crippen MR) is 91.7 cm³/mol. The van der Waals surface area contributed by atoms with Gasteiger partial charge in [0, 0.05) is 0 Å². The number of amides is 1. The largest absolute Gasteiger partial charge is 0.454 e. The molecule has 2 aromatic rings. The molecule has 8 nitrogen and oxygen atoms in total. The van der Waals surface area contributed by atoms with E-state index in [0.717, 1.165) is 0 Å². The number of hydrogen-bond acceptors (Lipinski definition) is 7.